The monoisotopic (exact) mass is 308 g/mol. The first kappa shape index (κ1) is 14.5. The molecule has 3 rings (SSSR count). The van der Waals surface area contributed by atoms with Gasteiger partial charge < -0.3 is 4.90 Å². The molecular weight excluding hydrogens is 288 g/mol. The fraction of sp³-hybridized carbons (Fsp3) is 0.533. The molecule has 0 radical (unpaired) electrons. The Bertz CT molecular complexity index is 693. The van der Waals surface area contributed by atoms with Crippen molar-refractivity contribution in [1.29, 1.82) is 0 Å². The number of aryl methyl sites for hydroxylation is 1. The van der Waals surface area contributed by atoms with E-state index in [9.17, 15) is 13.2 Å². The quantitative estimate of drug-likeness (QED) is 0.848. The summed E-state index contributed by atoms with van der Waals surface area (Å²) in [5.41, 5.74) is 2.95. The summed E-state index contributed by atoms with van der Waals surface area (Å²) >= 11 is 0. The molecule has 0 spiro atoms. The number of hydrogen-bond donors (Lipinski definition) is 0. The average Bonchev–Trinajstić information content (AvgIpc) is 2.89. The molecule has 0 bridgehead atoms. The summed E-state index contributed by atoms with van der Waals surface area (Å²) in [5.74, 6) is 0.153. The van der Waals surface area contributed by atoms with Crippen molar-refractivity contribution in [3.05, 3.63) is 23.3 Å². The number of anilines is 1. The Labute approximate surface area is 125 Å². The molecule has 5 nitrogen and oxygen atoms in total. The summed E-state index contributed by atoms with van der Waals surface area (Å²) in [6.45, 7) is 5.30. The van der Waals surface area contributed by atoms with E-state index in [1.54, 1.807) is 12.1 Å². The second-order valence-electron chi connectivity index (χ2n) is 5.47. The van der Waals surface area contributed by atoms with Gasteiger partial charge in [0.1, 0.15) is 0 Å². The van der Waals surface area contributed by atoms with Crippen LogP contribution in [0.1, 0.15) is 31.4 Å². The minimum absolute atomic E-state index is 0.153. The Morgan fingerprint density at radius 1 is 1.10 bits per heavy atom. The first-order valence-electron chi connectivity index (χ1n) is 7.45. The fourth-order valence-corrected chi connectivity index (χ4v) is 4.85. The van der Waals surface area contributed by atoms with Gasteiger partial charge in [0.15, 0.2) is 0 Å². The smallest absolute Gasteiger partial charge is 0.243 e. The largest absolute Gasteiger partial charge is 0.312 e. The second-order valence-corrected chi connectivity index (χ2v) is 7.41. The molecule has 0 aliphatic carbocycles. The number of sulfonamides is 1. The maximum absolute atomic E-state index is 12.7. The van der Waals surface area contributed by atoms with Gasteiger partial charge in [-0.05, 0) is 36.1 Å². The highest BCUT2D eigenvalue weighted by molar-refractivity contribution is 7.89. The number of nitrogens with zero attached hydrogens (tertiary/aromatic N) is 2. The van der Waals surface area contributed by atoms with Crippen molar-refractivity contribution in [3.63, 3.8) is 0 Å². The minimum atomic E-state index is -3.43. The Morgan fingerprint density at radius 2 is 1.71 bits per heavy atom. The van der Waals surface area contributed by atoms with Crippen LogP contribution < -0.4 is 4.90 Å². The molecule has 1 amide bonds. The van der Waals surface area contributed by atoms with Crippen LogP contribution in [0.4, 0.5) is 5.69 Å². The zero-order valence-corrected chi connectivity index (χ0v) is 13.2. The van der Waals surface area contributed by atoms with Crippen molar-refractivity contribution in [2.45, 2.75) is 38.0 Å². The summed E-state index contributed by atoms with van der Waals surface area (Å²) < 4.78 is 26.8. The molecule has 2 aliphatic rings. The Hall–Kier alpha value is -1.40. The van der Waals surface area contributed by atoms with E-state index in [4.69, 9.17) is 0 Å². The van der Waals surface area contributed by atoms with Crippen molar-refractivity contribution in [1.82, 2.24) is 4.31 Å². The molecular formula is C15H20N2O3S. The van der Waals surface area contributed by atoms with E-state index in [1.165, 1.54) is 4.31 Å². The van der Waals surface area contributed by atoms with E-state index in [1.807, 2.05) is 18.7 Å². The van der Waals surface area contributed by atoms with Crippen LogP contribution in [0.25, 0.3) is 0 Å². The third kappa shape index (κ3) is 2.17. The lowest BCUT2D eigenvalue weighted by Crippen LogP contribution is -2.33. The molecule has 0 saturated carbocycles. The predicted molar refractivity (Wildman–Crippen MR) is 80.9 cm³/mol. The lowest BCUT2D eigenvalue weighted by Gasteiger charge is -2.26. The van der Waals surface area contributed by atoms with Crippen LogP contribution >= 0.6 is 0 Å². The van der Waals surface area contributed by atoms with Crippen molar-refractivity contribution < 1.29 is 13.2 Å². The van der Waals surface area contributed by atoms with Crippen LogP contribution in [0, 0.1) is 0 Å². The highest BCUT2D eigenvalue weighted by Gasteiger charge is 2.33. The number of benzene rings is 1. The molecule has 2 heterocycles. The molecule has 0 N–H and O–H groups in total. The first-order chi connectivity index (χ1) is 9.98. The molecule has 114 valence electrons. The van der Waals surface area contributed by atoms with Crippen molar-refractivity contribution in [2.75, 3.05) is 24.5 Å². The van der Waals surface area contributed by atoms with E-state index in [0.717, 1.165) is 23.2 Å². The highest BCUT2D eigenvalue weighted by atomic mass is 32.2. The van der Waals surface area contributed by atoms with Crippen LogP contribution in [-0.4, -0.2) is 38.3 Å². The van der Waals surface area contributed by atoms with Crippen LogP contribution in [0.2, 0.25) is 0 Å². The third-order valence-electron chi connectivity index (χ3n) is 4.37. The number of carbonyl (C=O) groups excluding carboxylic acids is 1. The van der Waals surface area contributed by atoms with Crippen LogP contribution in [-0.2, 0) is 27.7 Å². The van der Waals surface area contributed by atoms with Gasteiger partial charge in [0, 0.05) is 26.1 Å². The maximum Gasteiger partial charge on any atom is 0.243 e. The van der Waals surface area contributed by atoms with Gasteiger partial charge in [0.2, 0.25) is 15.9 Å². The molecule has 2 aliphatic heterocycles. The zero-order chi connectivity index (χ0) is 15.2. The molecule has 0 saturated heterocycles. The molecule has 6 heteroatoms. The number of rotatable bonds is 4. The van der Waals surface area contributed by atoms with Gasteiger partial charge in [-0.3, -0.25) is 4.79 Å². The van der Waals surface area contributed by atoms with Gasteiger partial charge in [-0.25, -0.2) is 8.42 Å². The summed E-state index contributed by atoms with van der Waals surface area (Å²) in [6.07, 6.45) is 1.86. The zero-order valence-electron chi connectivity index (χ0n) is 12.4. The maximum atomic E-state index is 12.7. The third-order valence-corrected chi connectivity index (χ3v) is 6.40. The van der Waals surface area contributed by atoms with Crippen LogP contribution in [0.3, 0.4) is 0 Å². The molecule has 0 unspecified atom stereocenters. The molecule has 0 aromatic heterocycles. The minimum Gasteiger partial charge on any atom is -0.312 e. The van der Waals surface area contributed by atoms with Crippen LogP contribution in [0.5, 0.6) is 0 Å². The fourth-order valence-electron chi connectivity index (χ4n) is 3.29. The topological polar surface area (TPSA) is 57.7 Å². The summed E-state index contributed by atoms with van der Waals surface area (Å²) in [6, 6.07) is 3.52. The molecule has 21 heavy (non-hydrogen) atoms. The SMILES string of the molecule is CCN(CC)S(=O)(=O)c1cc2c3c(c1)CCN3C(=O)CC2. The number of amides is 1. The van der Waals surface area contributed by atoms with Gasteiger partial charge in [0.05, 0.1) is 10.6 Å². The Morgan fingerprint density at radius 3 is 2.33 bits per heavy atom. The first-order valence-corrected chi connectivity index (χ1v) is 8.89. The Balaban J connectivity index is 2.11. The van der Waals surface area contributed by atoms with E-state index in [0.29, 0.717) is 37.4 Å². The number of hydrogen-bond acceptors (Lipinski definition) is 3. The summed E-state index contributed by atoms with van der Waals surface area (Å²) in [4.78, 5) is 14.1. The molecule has 0 atom stereocenters. The second kappa shape index (κ2) is 5.10. The Kier molecular flexibility index (Phi) is 3.53. The van der Waals surface area contributed by atoms with Crippen molar-refractivity contribution in [3.8, 4) is 0 Å². The van der Waals surface area contributed by atoms with Gasteiger partial charge in [0.25, 0.3) is 0 Å². The van der Waals surface area contributed by atoms with E-state index < -0.39 is 10.0 Å². The molecule has 1 aromatic rings. The predicted octanol–water partition coefficient (Wildman–Crippen LogP) is 1.55. The average molecular weight is 308 g/mol. The van der Waals surface area contributed by atoms with E-state index >= 15 is 0 Å². The van der Waals surface area contributed by atoms with Crippen LogP contribution in [0.15, 0.2) is 17.0 Å². The van der Waals surface area contributed by atoms with Crippen molar-refractivity contribution >= 4 is 21.6 Å². The number of carbonyl (C=O) groups is 1. The highest BCUT2D eigenvalue weighted by Crippen LogP contribution is 2.38. The summed E-state index contributed by atoms with van der Waals surface area (Å²) in [5, 5.41) is 0. The lowest BCUT2D eigenvalue weighted by molar-refractivity contribution is -0.118. The molecule has 1 aromatic carbocycles. The van der Waals surface area contributed by atoms with E-state index in [-0.39, 0.29) is 5.91 Å². The van der Waals surface area contributed by atoms with Gasteiger partial charge >= 0.3 is 0 Å². The summed E-state index contributed by atoms with van der Waals surface area (Å²) in [7, 11) is -3.43. The van der Waals surface area contributed by atoms with E-state index in [2.05, 4.69) is 0 Å². The normalized spacial score (nSPS) is 17.5. The van der Waals surface area contributed by atoms with Gasteiger partial charge in [-0.1, -0.05) is 13.8 Å². The van der Waals surface area contributed by atoms with Crippen molar-refractivity contribution in [2.24, 2.45) is 0 Å². The lowest BCUT2D eigenvalue weighted by atomic mass is 10.00. The standard InChI is InChI=1S/C15H20N2O3S/c1-3-16(4-2)21(19,20)13-9-11-5-6-14(18)17-8-7-12(10-13)15(11)17/h9-10H,3-8H2,1-2H3. The molecule has 0 fully saturated rings. The van der Waals surface area contributed by atoms with Gasteiger partial charge in [-0.15, -0.1) is 0 Å². The van der Waals surface area contributed by atoms with Gasteiger partial charge in [-0.2, -0.15) is 4.31 Å².